The molecule has 2 N–H and O–H groups in total. The highest BCUT2D eigenvalue weighted by atomic mass is 16.2. The minimum atomic E-state index is -0.448. The maximum absolute atomic E-state index is 12.3. The molecule has 7 heteroatoms. The summed E-state index contributed by atoms with van der Waals surface area (Å²) in [6.45, 7) is 18.3. The Balaban J connectivity index is 1.85. The van der Waals surface area contributed by atoms with E-state index in [0.717, 1.165) is 39.6 Å². The zero-order valence-corrected chi connectivity index (χ0v) is 24.3. The third-order valence-electron chi connectivity index (χ3n) is 6.04. The summed E-state index contributed by atoms with van der Waals surface area (Å²) in [7, 11) is 0. The molecule has 38 heavy (non-hydrogen) atoms. The van der Waals surface area contributed by atoms with Crippen LogP contribution >= 0.6 is 0 Å². The van der Waals surface area contributed by atoms with Crippen LogP contribution in [-0.2, 0) is 11.5 Å². The van der Waals surface area contributed by atoms with Gasteiger partial charge in [-0.1, -0.05) is 62.2 Å². The number of carbonyl (C=O) groups excluding carboxylic acids is 1. The van der Waals surface area contributed by atoms with Gasteiger partial charge in [0, 0.05) is 28.6 Å². The second kappa shape index (κ2) is 12.2. The van der Waals surface area contributed by atoms with Crippen molar-refractivity contribution in [3.8, 4) is 0 Å². The Morgan fingerprint density at radius 3 is 2.39 bits per heavy atom. The fourth-order valence-corrected chi connectivity index (χ4v) is 3.92. The van der Waals surface area contributed by atoms with E-state index in [-0.39, 0.29) is 11.9 Å². The van der Waals surface area contributed by atoms with Gasteiger partial charge in [-0.2, -0.15) is 5.10 Å². The maximum Gasteiger partial charge on any atom is 0.226 e. The van der Waals surface area contributed by atoms with Crippen LogP contribution in [0.1, 0.15) is 78.4 Å². The number of rotatable bonds is 7. The fraction of sp³-hybridized carbons (Fsp3) is 0.387. The predicted octanol–water partition coefficient (Wildman–Crippen LogP) is 6.45. The van der Waals surface area contributed by atoms with Gasteiger partial charge in [0.15, 0.2) is 0 Å². The van der Waals surface area contributed by atoms with Gasteiger partial charge in [0.1, 0.15) is 12.5 Å². The Morgan fingerprint density at radius 2 is 1.79 bits per heavy atom. The lowest BCUT2D eigenvalue weighted by molar-refractivity contribution is -0.129. The van der Waals surface area contributed by atoms with E-state index in [4.69, 9.17) is 10.1 Å². The van der Waals surface area contributed by atoms with Crippen LogP contribution in [0.4, 0.5) is 0 Å². The molecule has 1 atom stereocenters. The molecule has 1 aliphatic heterocycles. The molecule has 1 unspecified atom stereocenters. The molecule has 202 valence electrons. The number of nitrogens with one attached hydrogen (secondary N) is 2. The van der Waals surface area contributed by atoms with Gasteiger partial charge >= 0.3 is 0 Å². The van der Waals surface area contributed by atoms with E-state index in [9.17, 15) is 4.79 Å². The van der Waals surface area contributed by atoms with Crippen molar-refractivity contribution in [1.29, 1.82) is 0 Å². The lowest BCUT2D eigenvalue weighted by Crippen LogP contribution is -2.36. The molecule has 1 aromatic carbocycles. The van der Waals surface area contributed by atoms with Crippen LogP contribution in [0, 0.1) is 12.3 Å². The first-order chi connectivity index (χ1) is 17.8. The van der Waals surface area contributed by atoms with Gasteiger partial charge in [-0.15, -0.1) is 0 Å². The number of amidine groups is 1. The number of benzene rings is 1. The maximum atomic E-state index is 12.3. The summed E-state index contributed by atoms with van der Waals surface area (Å²) >= 11 is 0. The summed E-state index contributed by atoms with van der Waals surface area (Å²) in [5, 5.41) is 9.74. The van der Waals surface area contributed by atoms with Gasteiger partial charge in [0.05, 0.1) is 11.7 Å². The smallest absolute Gasteiger partial charge is 0.226 e. The number of nitrogens with zero attached hydrogens (tertiary/aromatic N) is 4. The number of hydrogen-bond donors (Lipinski definition) is 2. The third kappa shape index (κ3) is 7.65. The van der Waals surface area contributed by atoms with E-state index < -0.39 is 5.41 Å². The Hall–Kier alpha value is -3.71. The van der Waals surface area contributed by atoms with E-state index in [1.54, 1.807) is 0 Å². The molecule has 3 rings (SSSR count). The van der Waals surface area contributed by atoms with E-state index in [0.29, 0.717) is 6.67 Å². The van der Waals surface area contributed by atoms with Crippen molar-refractivity contribution in [2.75, 3.05) is 0 Å². The van der Waals surface area contributed by atoms with Crippen LogP contribution in [-0.4, -0.2) is 26.5 Å². The second-order valence-corrected chi connectivity index (χ2v) is 11.2. The van der Waals surface area contributed by atoms with Crippen molar-refractivity contribution in [2.24, 2.45) is 10.4 Å². The third-order valence-corrected chi connectivity index (χ3v) is 6.04. The molecule has 0 saturated heterocycles. The van der Waals surface area contributed by atoms with Crippen LogP contribution in [0.2, 0.25) is 0 Å². The molecule has 2 heterocycles. The SMILES string of the molecule is CC(C)=CC(=N/C(C)=C/C(=C(C)C)c1cc(C)n(CNC(=O)C(C)(C)C)n1)N1C=CC(c2ccccc2)N1. The Morgan fingerprint density at radius 1 is 1.11 bits per heavy atom. The standard InChI is InChI=1S/C31H42N6O/c1-21(2)17-29(36-16-15-27(34-36)25-13-11-10-12-14-25)33-23(5)18-26(22(3)4)28-19-24(6)37(35-28)20-32-30(38)31(7,8)9/h10-19,27,34H,20H2,1-9H3,(H,32,38)/b23-18+,33-29?. The Bertz CT molecular complexity index is 1290. The van der Waals surface area contributed by atoms with Crippen LogP contribution in [0.5, 0.6) is 0 Å². The average molecular weight is 515 g/mol. The molecule has 0 saturated carbocycles. The van der Waals surface area contributed by atoms with Gasteiger partial charge < -0.3 is 5.32 Å². The molecule has 0 fully saturated rings. The molecule has 0 spiro atoms. The van der Waals surface area contributed by atoms with Gasteiger partial charge in [-0.05, 0) is 71.4 Å². The molecule has 2 aromatic rings. The highest BCUT2D eigenvalue weighted by Crippen LogP contribution is 2.24. The van der Waals surface area contributed by atoms with Gasteiger partial charge in [-0.3, -0.25) is 9.80 Å². The number of carbonyl (C=O) groups is 1. The number of hydrogen-bond acceptors (Lipinski definition) is 4. The summed E-state index contributed by atoms with van der Waals surface area (Å²) in [5.74, 6) is 0.806. The molecule has 7 nitrogen and oxygen atoms in total. The highest BCUT2D eigenvalue weighted by molar-refractivity contribution is 5.95. The van der Waals surface area contributed by atoms with Crippen molar-refractivity contribution in [3.05, 3.63) is 94.6 Å². The molecule has 1 aromatic heterocycles. The summed E-state index contributed by atoms with van der Waals surface area (Å²) < 4.78 is 1.83. The number of hydrazine groups is 1. The van der Waals surface area contributed by atoms with Crippen molar-refractivity contribution < 1.29 is 4.79 Å². The quantitative estimate of drug-likeness (QED) is 0.253. The van der Waals surface area contributed by atoms with Crippen molar-refractivity contribution >= 4 is 17.3 Å². The Kier molecular flexibility index (Phi) is 9.28. The average Bonchev–Trinajstić information content (AvgIpc) is 3.47. The van der Waals surface area contributed by atoms with Gasteiger partial charge in [-0.25, -0.2) is 15.1 Å². The van der Waals surface area contributed by atoms with Gasteiger partial charge in [0.25, 0.3) is 0 Å². The van der Waals surface area contributed by atoms with Crippen LogP contribution in [0.15, 0.2) is 82.7 Å². The minimum Gasteiger partial charge on any atom is -0.336 e. The summed E-state index contributed by atoms with van der Waals surface area (Å²) in [6.07, 6.45) is 8.31. The monoisotopic (exact) mass is 514 g/mol. The largest absolute Gasteiger partial charge is 0.336 e. The first kappa shape index (κ1) is 28.9. The zero-order chi connectivity index (χ0) is 28.0. The van der Waals surface area contributed by atoms with E-state index in [1.807, 2.05) is 74.8 Å². The molecule has 1 amide bonds. The molecule has 0 radical (unpaired) electrons. The van der Waals surface area contributed by atoms with Crippen LogP contribution in [0.25, 0.3) is 5.57 Å². The van der Waals surface area contributed by atoms with Crippen molar-refractivity contribution in [3.63, 3.8) is 0 Å². The minimum absolute atomic E-state index is 0.00709. The molecule has 0 bridgehead atoms. The van der Waals surface area contributed by atoms with Crippen LogP contribution < -0.4 is 10.7 Å². The lowest BCUT2D eigenvalue weighted by Gasteiger charge is -2.20. The summed E-state index contributed by atoms with van der Waals surface area (Å²) in [5.41, 5.74) is 10.3. The summed E-state index contributed by atoms with van der Waals surface area (Å²) in [6, 6.07) is 12.5. The second-order valence-electron chi connectivity index (χ2n) is 11.2. The molecule has 0 aliphatic carbocycles. The fourth-order valence-electron chi connectivity index (χ4n) is 3.92. The van der Waals surface area contributed by atoms with E-state index in [1.165, 1.54) is 5.56 Å². The number of allylic oxidation sites excluding steroid dienone is 5. The first-order valence-corrected chi connectivity index (χ1v) is 13.1. The highest BCUT2D eigenvalue weighted by Gasteiger charge is 2.22. The van der Waals surface area contributed by atoms with E-state index >= 15 is 0 Å². The molecular formula is C31H42N6O. The Labute approximate surface area is 227 Å². The zero-order valence-electron chi connectivity index (χ0n) is 24.3. The van der Waals surface area contributed by atoms with Crippen LogP contribution in [0.3, 0.4) is 0 Å². The molecule has 1 aliphatic rings. The lowest BCUT2D eigenvalue weighted by atomic mass is 9.96. The number of aryl methyl sites for hydroxylation is 1. The van der Waals surface area contributed by atoms with Crippen molar-refractivity contribution in [2.45, 2.75) is 75.0 Å². The van der Waals surface area contributed by atoms with Gasteiger partial charge in [0.2, 0.25) is 5.91 Å². The molecular weight excluding hydrogens is 472 g/mol. The topological polar surface area (TPSA) is 74.5 Å². The predicted molar refractivity (Wildman–Crippen MR) is 157 cm³/mol. The number of aliphatic imine (C=N–C) groups is 1. The number of amides is 1. The van der Waals surface area contributed by atoms with Crippen molar-refractivity contribution in [1.82, 2.24) is 25.5 Å². The normalized spacial score (nSPS) is 16.0. The number of aromatic nitrogens is 2. The summed E-state index contributed by atoms with van der Waals surface area (Å²) in [4.78, 5) is 17.3. The first-order valence-electron chi connectivity index (χ1n) is 13.1. The van der Waals surface area contributed by atoms with E-state index in [2.05, 4.69) is 68.8 Å².